The van der Waals surface area contributed by atoms with E-state index in [4.69, 9.17) is 9.84 Å². The first-order valence-corrected chi connectivity index (χ1v) is 4.07. The minimum Gasteiger partial charge on any atom is -0.477 e. The largest absolute Gasteiger partial charge is 0.477 e. The lowest BCUT2D eigenvalue weighted by molar-refractivity contribution is -0.691. The van der Waals surface area contributed by atoms with Gasteiger partial charge in [-0.2, -0.15) is 4.57 Å². The molecule has 1 rings (SSSR count). The molecule has 4 heteroatoms. The number of rotatable bonds is 4. The van der Waals surface area contributed by atoms with E-state index in [1.165, 1.54) is 0 Å². The Morgan fingerprint density at radius 3 is 3.00 bits per heavy atom. The Kier molecular flexibility index (Phi) is 3.25. The van der Waals surface area contributed by atoms with Gasteiger partial charge in [-0.1, -0.05) is 0 Å². The van der Waals surface area contributed by atoms with Crippen molar-refractivity contribution in [3.8, 4) is 5.88 Å². The normalized spacial score (nSPS) is 9.62. The molecule has 1 N–H and O–H groups in total. The number of pyridine rings is 1. The molecule has 4 nitrogen and oxygen atoms in total. The summed E-state index contributed by atoms with van der Waals surface area (Å²) in [6.07, 6.45) is 1.68. The number of carboxylic acids is 1. The lowest BCUT2D eigenvalue weighted by Crippen LogP contribution is -2.39. The predicted octanol–water partition coefficient (Wildman–Crippen LogP) is 0.457. The van der Waals surface area contributed by atoms with Crippen LogP contribution in [-0.4, -0.2) is 17.7 Å². The summed E-state index contributed by atoms with van der Waals surface area (Å²) in [7, 11) is 0. The molecule has 0 aliphatic heterocycles. The molecular weight excluding hydrogens is 170 g/mol. The number of carboxylic acid groups (broad SMARTS) is 1. The molecule has 0 saturated heterocycles. The summed E-state index contributed by atoms with van der Waals surface area (Å²) in [5, 5.41) is 8.58. The average Bonchev–Trinajstić information content (AvgIpc) is 2.08. The molecule has 0 amide bonds. The second-order valence-electron chi connectivity index (χ2n) is 2.49. The van der Waals surface area contributed by atoms with Crippen molar-refractivity contribution in [2.45, 2.75) is 13.5 Å². The van der Waals surface area contributed by atoms with Crippen molar-refractivity contribution in [1.82, 2.24) is 0 Å². The summed E-state index contributed by atoms with van der Waals surface area (Å²) < 4.78 is 6.78. The molecule has 0 spiro atoms. The van der Waals surface area contributed by atoms with Crippen molar-refractivity contribution in [2.75, 3.05) is 6.61 Å². The molecule has 0 unspecified atom stereocenters. The van der Waals surface area contributed by atoms with Crippen LogP contribution in [0.4, 0.5) is 0 Å². The number of ether oxygens (including phenoxy) is 1. The van der Waals surface area contributed by atoms with Gasteiger partial charge in [0.15, 0.2) is 6.20 Å². The van der Waals surface area contributed by atoms with Crippen molar-refractivity contribution in [3.05, 3.63) is 24.4 Å². The molecule has 0 aliphatic rings. The van der Waals surface area contributed by atoms with Gasteiger partial charge in [0.05, 0.1) is 12.7 Å². The van der Waals surface area contributed by atoms with E-state index in [0.29, 0.717) is 12.5 Å². The summed E-state index contributed by atoms with van der Waals surface area (Å²) in [4.78, 5) is 10.4. The lowest BCUT2D eigenvalue weighted by atomic mass is 10.4. The van der Waals surface area contributed by atoms with Crippen LogP contribution in [0.25, 0.3) is 0 Å². The molecule has 1 heterocycles. The minimum absolute atomic E-state index is 0.0732. The summed E-state index contributed by atoms with van der Waals surface area (Å²) >= 11 is 0. The van der Waals surface area contributed by atoms with Crippen LogP contribution in [0.2, 0.25) is 0 Å². The zero-order valence-electron chi connectivity index (χ0n) is 7.43. The molecule has 0 atom stereocenters. The standard InChI is InChI=1S/C9H11NO3/c1-2-13-8-5-3-4-6-10(8)7-9(11)12/h3-6H,2,7H2,1H3/p+1. The average molecular weight is 182 g/mol. The number of hydrogen-bond donors (Lipinski definition) is 1. The summed E-state index contributed by atoms with van der Waals surface area (Å²) in [5.74, 6) is -0.301. The molecule has 0 saturated carbocycles. The SMILES string of the molecule is CCOc1cccc[n+]1CC(=O)O. The van der Waals surface area contributed by atoms with Gasteiger partial charge in [-0.3, -0.25) is 0 Å². The first kappa shape index (κ1) is 9.51. The van der Waals surface area contributed by atoms with Gasteiger partial charge in [0.25, 0.3) is 0 Å². The van der Waals surface area contributed by atoms with E-state index in [9.17, 15) is 4.79 Å². The number of nitrogens with zero attached hydrogens (tertiary/aromatic N) is 1. The van der Waals surface area contributed by atoms with Gasteiger partial charge in [0.2, 0.25) is 6.54 Å². The molecule has 0 bridgehead atoms. The summed E-state index contributed by atoms with van der Waals surface area (Å²) in [6, 6.07) is 5.32. The maximum atomic E-state index is 10.4. The predicted molar refractivity (Wildman–Crippen MR) is 45.4 cm³/mol. The highest BCUT2D eigenvalue weighted by atomic mass is 16.5. The van der Waals surface area contributed by atoms with Crippen LogP contribution in [-0.2, 0) is 11.3 Å². The Balaban J connectivity index is 2.84. The third kappa shape index (κ3) is 2.74. The highest BCUT2D eigenvalue weighted by molar-refractivity contribution is 5.64. The van der Waals surface area contributed by atoms with Crippen LogP contribution in [0, 0.1) is 0 Å². The Morgan fingerprint density at radius 1 is 1.62 bits per heavy atom. The van der Waals surface area contributed by atoms with Crippen LogP contribution in [0.1, 0.15) is 6.92 Å². The molecular formula is C9H12NO3+. The number of aromatic nitrogens is 1. The maximum Gasteiger partial charge on any atom is 0.370 e. The van der Waals surface area contributed by atoms with Crippen molar-refractivity contribution >= 4 is 5.97 Å². The Bertz CT molecular complexity index is 299. The Hall–Kier alpha value is -1.58. The van der Waals surface area contributed by atoms with Gasteiger partial charge in [0, 0.05) is 6.07 Å². The quantitative estimate of drug-likeness (QED) is 0.688. The van der Waals surface area contributed by atoms with Crippen molar-refractivity contribution in [3.63, 3.8) is 0 Å². The molecule has 0 aliphatic carbocycles. The van der Waals surface area contributed by atoms with Gasteiger partial charge in [-0.25, -0.2) is 4.79 Å². The van der Waals surface area contributed by atoms with Crippen molar-refractivity contribution < 1.29 is 19.2 Å². The molecule has 0 aromatic carbocycles. The molecule has 70 valence electrons. The molecule has 13 heavy (non-hydrogen) atoms. The van der Waals surface area contributed by atoms with Gasteiger partial charge < -0.3 is 9.84 Å². The van der Waals surface area contributed by atoms with Crippen LogP contribution < -0.4 is 9.30 Å². The van der Waals surface area contributed by atoms with Crippen molar-refractivity contribution in [1.29, 1.82) is 0 Å². The number of hydrogen-bond acceptors (Lipinski definition) is 2. The number of carbonyl (C=O) groups is 1. The second-order valence-corrected chi connectivity index (χ2v) is 2.49. The molecule has 1 aromatic heterocycles. The number of aliphatic carboxylic acids is 1. The Morgan fingerprint density at radius 2 is 2.38 bits per heavy atom. The van der Waals surface area contributed by atoms with Gasteiger partial charge in [-0.05, 0) is 13.0 Å². The fourth-order valence-corrected chi connectivity index (χ4v) is 1.02. The summed E-state index contributed by atoms with van der Waals surface area (Å²) in [6.45, 7) is 2.32. The fourth-order valence-electron chi connectivity index (χ4n) is 1.02. The zero-order chi connectivity index (χ0) is 9.68. The first-order chi connectivity index (χ1) is 6.24. The van der Waals surface area contributed by atoms with Crippen LogP contribution in [0.5, 0.6) is 5.88 Å². The Labute approximate surface area is 76.4 Å². The first-order valence-electron chi connectivity index (χ1n) is 4.07. The zero-order valence-corrected chi connectivity index (χ0v) is 7.43. The smallest absolute Gasteiger partial charge is 0.370 e. The van der Waals surface area contributed by atoms with Crippen molar-refractivity contribution in [2.24, 2.45) is 0 Å². The third-order valence-corrected chi connectivity index (χ3v) is 1.50. The van der Waals surface area contributed by atoms with E-state index >= 15 is 0 Å². The van der Waals surface area contributed by atoms with E-state index in [1.54, 1.807) is 22.9 Å². The van der Waals surface area contributed by atoms with Gasteiger partial charge in [-0.15, -0.1) is 0 Å². The lowest BCUT2D eigenvalue weighted by Gasteiger charge is -2.00. The second kappa shape index (κ2) is 4.45. The minimum atomic E-state index is -0.878. The van der Waals surface area contributed by atoms with Gasteiger partial charge in [0.1, 0.15) is 0 Å². The van der Waals surface area contributed by atoms with Crippen LogP contribution >= 0.6 is 0 Å². The fraction of sp³-hybridized carbons (Fsp3) is 0.333. The van der Waals surface area contributed by atoms with E-state index in [1.807, 2.05) is 13.0 Å². The maximum absolute atomic E-state index is 10.4. The van der Waals surface area contributed by atoms with Crippen LogP contribution in [0.15, 0.2) is 24.4 Å². The van der Waals surface area contributed by atoms with E-state index in [-0.39, 0.29) is 6.54 Å². The molecule has 0 radical (unpaired) electrons. The highest BCUT2D eigenvalue weighted by Gasteiger charge is 2.13. The molecule has 0 fully saturated rings. The van der Waals surface area contributed by atoms with E-state index in [0.717, 1.165) is 0 Å². The monoisotopic (exact) mass is 182 g/mol. The highest BCUT2D eigenvalue weighted by Crippen LogP contribution is 2.00. The van der Waals surface area contributed by atoms with E-state index in [2.05, 4.69) is 0 Å². The van der Waals surface area contributed by atoms with Gasteiger partial charge >= 0.3 is 11.8 Å². The summed E-state index contributed by atoms with van der Waals surface area (Å²) in [5.41, 5.74) is 0. The topological polar surface area (TPSA) is 50.4 Å². The molecule has 1 aromatic rings. The van der Waals surface area contributed by atoms with Crippen LogP contribution in [0.3, 0.4) is 0 Å². The third-order valence-electron chi connectivity index (χ3n) is 1.50. The van der Waals surface area contributed by atoms with E-state index < -0.39 is 5.97 Å².